The van der Waals surface area contributed by atoms with E-state index in [0.29, 0.717) is 15.1 Å². The van der Waals surface area contributed by atoms with E-state index in [1.54, 1.807) is 12.1 Å². The third-order valence-corrected chi connectivity index (χ3v) is 5.25. The Kier molecular flexibility index (Phi) is 5.13. The molecule has 1 heterocycles. The van der Waals surface area contributed by atoms with Gasteiger partial charge in [-0.1, -0.05) is 0 Å². The molecule has 0 bridgehead atoms. The van der Waals surface area contributed by atoms with Gasteiger partial charge in [-0.15, -0.1) is 0 Å². The van der Waals surface area contributed by atoms with Crippen molar-refractivity contribution in [3.8, 4) is 0 Å². The average Bonchev–Trinajstić information content (AvgIpc) is 2.89. The van der Waals surface area contributed by atoms with Crippen LogP contribution in [0.15, 0.2) is 27.6 Å². The highest BCUT2D eigenvalue weighted by Gasteiger charge is 2.15. The molecule has 1 aliphatic rings. The van der Waals surface area contributed by atoms with E-state index in [0.717, 1.165) is 19.6 Å². The summed E-state index contributed by atoms with van der Waals surface area (Å²) in [6, 6.07) is 4.86. The minimum Gasteiger partial charge on any atom is -0.478 e. The van der Waals surface area contributed by atoms with Gasteiger partial charge in [0, 0.05) is 21.7 Å². The van der Waals surface area contributed by atoms with Gasteiger partial charge in [-0.25, -0.2) is 4.79 Å². The number of hydrogen-bond acceptors (Lipinski definition) is 3. The van der Waals surface area contributed by atoms with Crippen molar-refractivity contribution in [2.45, 2.75) is 17.7 Å². The van der Waals surface area contributed by atoms with Crippen molar-refractivity contribution in [1.82, 2.24) is 4.90 Å². The number of rotatable bonds is 5. The molecule has 0 saturated carbocycles. The predicted molar refractivity (Wildman–Crippen MR) is 78.1 cm³/mol. The van der Waals surface area contributed by atoms with Crippen LogP contribution in [0.25, 0.3) is 0 Å². The molecule has 104 valence electrons. The quantitative estimate of drug-likeness (QED) is 0.889. The average molecular weight is 346 g/mol. The topological polar surface area (TPSA) is 57.6 Å². The van der Waals surface area contributed by atoms with Crippen molar-refractivity contribution in [3.63, 3.8) is 0 Å². The van der Waals surface area contributed by atoms with Gasteiger partial charge in [0.05, 0.1) is 16.4 Å². The number of nitrogens with zero attached hydrogens (tertiary/aromatic N) is 1. The first-order chi connectivity index (χ1) is 9.08. The van der Waals surface area contributed by atoms with Crippen LogP contribution in [0, 0.1) is 0 Å². The fourth-order valence-electron chi connectivity index (χ4n) is 2.15. The molecule has 1 unspecified atom stereocenters. The van der Waals surface area contributed by atoms with Crippen LogP contribution in [-0.2, 0) is 10.8 Å². The predicted octanol–water partition coefficient (Wildman–Crippen LogP) is 2.35. The van der Waals surface area contributed by atoms with E-state index in [1.165, 1.54) is 18.9 Å². The molecule has 2 rings (SSSR count). The van der Waals surface area contributed by atoms with Gasteiger partial charge in [-0.2, -0.15) is 0 Å². The number of benzene rings is 1. The van der Waals surface area contributed by atoms with E-state index in [9.17, 15) is 9.00 Å². The minimum atomic E-state index is -1.14. The standard InChI is InChI=1S/C13H16BrNO3S/c14-12-4-3-10(9-11(12)13(16)17)19(18)8-7-15-5-1-2-6-15/h3-4,9H,1-2,5-8H2,(H,16,17). The number of likely N-dealkylation sites (tertiary alicyclic amines) is 1. The van der Waals surface area contributed by atoms with Crippen molar-refractivity contribution >= 4 is 32.7 Å². The van der Waals surface area contributed by atoms with Gasteiger partial charge >= 0.3 is 5.97 Å². The number of aromatic carboxylic acids is 1. The number of carbonyl (C=O) groups is 1. The van der Waals surface area contributed by atoms with Crippen molar-refractivity contribution in [1.29, 1.82) is 0 Å². The van der Waals surface area contributed by atoms with Gasteiger partial charge in [-0.3, -0.25) is 4.21 Å². The Bertz CT molecular complexity index is 501. The van der Waals surface area contributed by atoms with Crippen LogP contribution >= 0.6 is 15.9 Å². The van der Waals surface area contributed by atoms with Gasteiger partial charge in [0.25, 0.3) is 0 Å². The smallest absolute Gasteiger partial charge is 0.336 e. The van der Waals surface area contributed by atoms with E-state index in [-0.39, 0.29) is 5.56 Å². The summed E-state index contributed by atoms with van der Waals surface area (Å²) in [6.07, 6.45) is 2.43. The van der Waals surface area contributed by atoms with E-state index in [2.05, 4.69) is 20.8 Å². The molecular weight excluding hydrogens is 330 g/mol. The maximum absolute atomic E-state index is 12.2. The third kappa shape index (κ3) is 3.87. The molecular formula is C13H16BrNO3S. The first-order valence-corrected chi connectivity index (χ1v) is 8.32. The fraction of sp³-hybridized carbons (Fsp3) is 0.462. The first kappa shape index (κ1) is 14.7. The molecule has 1 atom stereocenters. The normalized spacial score (nSPS) is 17.5. The second-order valence-electron chi connectivity index (χ2n) is 4.55. The van der Waals surface area contributed by atoms with Gasteiger partial charge in [0.15, 0.2) is 0 Å². The van der Waals surface area contributed by atoms with Crippen LogP contribution in [-0.4, -0.2) is 45.6 Å². The molecule has 6 heteroatoms. The second-order valence-corrected chi connectivity index (χ2v) is 6.97. The van der Waals surface area contributed by atoms with Crippen LogP contribution in [0.5, 0.6) is 0 Å². The summed E-state index contributed by atoms with van der Waals surface area (Å²) in [4.78, 5) is 13.9. The summed E-state index contributed by atoms with van der Waals surface area (Å²) in [5, 5.41) is 9.04. The number of halogens is 1. The van der Waals surface area contributed by atoms with Crippen molar-refractivity contribution in [3.05, 3.63) is 28.2 Å². The lowest BCUT2D eigenvalue weighted by molar-refractivity contribution is 0.0695. The van der Waals surface area contributed by atoms with Crippen molar-refractivity contribution < 1.29 is 14.1 Å². The molecule has 1 saturated heterocycles. The third-order valence-electron chi connectivity index (χ3n) is 3.22. The monoisotopic (exact) mass is 345 g/mol. The van der Waals surface area contributed by atoms with Gasteiger partial charge in [0.2, 0.25) is 0 Å². The van der Waals surface area contributed by atoms with Crippen LogP contribution < -0.4 is 0 Å². The molecule has 4 nitrogen and oxygen atoms in total. The highest BCUT2D eigenvalue weighted by molar-refractivity contribution is 9.10. The highest BCUT2D eigenvalue weighted by atomic mass is 79.9. The highest BCUT2D eigenvalue weighted by Crippen LogP contribution is 2.20. The second kappa shape index (κ2) is 6.63. The van der Waals surface area contributed by atoms with Crippen molar-refractivity contribution in [2.75, 3.05) is 25.4 Å². The molecule has 1 fully saturated rings. The minimum absolute atomic E-state index is 0.159. The van der Waals surface area contributed by atoms with Crippen molar-refractivity contribution in [2.24, 2.45) is 0 Å². The van der Waals surface area contributed by atoms with Gasteiger partial charge < -0.3 is 10.0 Å². The molecule has 0 aliphatic carbocycles. The Labute approximate surface area is 123 Å². The first-order valence-electron chi connectivity index (χ1n) is 6.21. The maximum Gasteiger partial charge on any atom is 0.336 e. The van der Waals surface area contributed by atoms with Gasteiger partial charge in [-0.05, 0) is 60.1 Å². The molecule has 1 aliphatic heterocycles. The number of hydrogen-bond donors (Lipinski definition) is 1. The van der Waals surface area contributed by atoms with Crippen LogP contribution in [0.1, 0.15) is 23.2 Å². The molecule has 0 aromatic heterocycles. The zero-order valence-corrected chi connectivity index (χ0v) is 12.9. The zero-order chi connectivity index (χ0) is 13.8. The Morgan fingerprint density at radius 2 is 2.05 bits per heavy atom. The summed E-state index contributed by atoms with van der Waals surface area (Å²) in [7, 11) is -1.14. The zero-order valence-electron chi connectivity index (χ0n) is 10.5. The lowest BCUT2D eigenvalue weighted by Gasteiger charge is -2.14. The molecule has 1 N–H and O–H groups in total. The number of carboxylic acids is 1. The fourth-order valence-corrected chi connectivity index (χ4v) is 3.69. The molecule has 1 aromatic rings. The van der Waals surface area contributed by atoms with E-state index in [4.69, 9.17) is 5.11 Å². The molecule has 1 aromatic carbocycles. The Morgan fingerprint density at radius 1 is 1.37 bits per heavy atom. The molecule has 0 amide bonds. The number of carboxylic acid groups (broad SMARTS) is 1. The van der Waals surface area contributed by atoms with Crippen LogP contribution in [0.4, 0.5) is 0 Å². The van der Waals surface area contributed by atoms with Gasteiger partial charge in [0.1, 0.15) is 0 Å². The van der Waals surface area contributed by atoms with Crippen LogP contribution in [0.2, 0.25) is 0 Å². The van der Waals surface area contributed by atoms with E-state index in [1.807, 2.05) is 0 Å². The summed E-state index contributed by atoms with van der Waals surface area (Å²) >= 11 is 3.18. The van der Waals surface area contributed by atoms with Crippen LogP contribution in [0.3, 0.4) is 0 Å². The molecule has 0 radical (unpaired) electrons. The summed E-state index contributed by atoms with van der Waals surface area (Å²) < 4.78 is 12.7. The SMILES string of the molecule is O=C(O)c1cc(S(=O)CCN2CCCC2)ccc1Br. The van der Waals surface area contributed by atoms with E-state index >= 15 is 0 Å². The summed E-state index contributed by atoms with van der Waals surface area (Å²) in [5.74, 6) is -0.453. The summed E-state index contributed by atoms with van der Waals surface area (Å²) in [5.41, 5.74) is 0.159. The Hall–Kier alpha value is -0.720. The largest absolute Gasteiger partial charge is 0.478 e. The molecule has 0 spiro atoms. The lowest BCUT2D eigenvalue weighted by atomic mass is 10.2. The Balaban J connectivity index is 2.02. The van der Waals surface area contributed by atoms with E-state index < -0.39 is 16.8 Å². The molecule has 19 heavy (non-hydrogen) atoms. The lowest BCUT2D eigenvalue weighted by Crippen LogP contribution is -2.24. The maximum atomic E-state index is 12.2. The Morgan fingerprint density at radius 3 is 2.68 bits per heavy atom. The summed E-state index contributed by atoms with van der Waals surface area (Å²) in [6.45, 7) is 2.97.